The molecule has 1 heterocycles. The molecule has 0 aromatic heterocycles. The van der Waals surface area contributed by atoms with Crippen LogP contribution in [0.1, 0.15) is 67.6 Å². The predicted molar refractivity (Wildman–Crippen MR) is 157 cm³/mol. The van der Waals surface area contributed by atoms with Crippen molar-refractivity contribution >= 4 is 40.8 Å². The molecule has 2 amide bonds. The standard InChI is InChI=1S/C32H35ClN2O5/c1-21-19-28(35(29(37)20-36)25-16-14-24(33)15-17-25)26-8-4-5-9-27(26)34(21)30(38)23-12-10-22(11-13-23)7-6-18-32(2,3)31(39)40/h4-5,8-17,21,28,36H,6-7,18-20H2,1-3H3,(H,39,40)/t21-,28+/m0/s1. The van der Waals surface area contributed by atoms with E-state index in [0.29, 0.717) is 29.1 Å². The molecule has 0 saturated carbocycles. The van der Waals surface area contributed by atoms with Crippen LogP contribution < -0.4 is 9.80 Å². The van der Waals surface area contributed by atoms with Gasteiger partial charge in [-0.05, 0) is 100 Å². The van der Waals surface area contributed by atoms with E-state index < -0.39 is 23.9 Å². The lowest BCUT2D eigenvalue weighted by Crippen LogP contribution is -2.48. The molecule has 210 valence electrons. The Morgan fingerprint density at radius 2 is 1.65 bits per heavy atom. The second-order valence-electron chi connectivity index (χ2n) is 11.0. The number of hydrogen-bond donors (Lipinski definition) is 2. The van der Waals surface area contributed by atoms with Gasteiger partial charge in [-0.1, -0.05) is 41.9 Å². The van der Waals surface area contributed by atoms with Crippen LogP contribution in [0.15, 0.2) is 72.8 Å². The number of para-hydroxylation sites is 1. The van der Waals surface area contributed by atoms with Crippen LogP contribution in [0.2, 0.25) is 5.02 Å². The lowest BCUT2D eigenvalue weighted by atomic mass is 9.86. The predicted octanol–water partition coefficient (Wildman–Crippen LogP) is 6.28. The second kappa shape index (κ2) is 12.2. The summed E-state index contributed by atoms with van der Waals surface area (Å²) < 4.78 is 0. The molecule has 2 N–H and O–H groups in total. The smallest absolute Gasteiger partial charge is 0.309 e. The summed E-state index contributed by atoms with van der Waals surface area (Å²) in [5, 5.41) is 19.7. The minimum absolute atomic E-state index is 0.136. The number of benzene rings is 3. The number of carbonyl (C=O) groups excluding carboxylic acids is 2. The Morgan fingerprint density at radius 1 is 1.00 bits per heavy atom. The van der Waals surface area contributed by atoms with Gasteiger partial charge in [-0.15, -0.1) is 0 Å². The fourth-order valence-corrected chi connectivity index (χ4v) is 5.43. The zero-order valence-electron chi connectivity index (χ0n) is 23.0. The molecule has 1 aliphatic rings. The first-order valence-electron chi connectivity index (χ1n) is 13.5. The highest BCUT2D eigenvalue weighted by molar-refractivity contribution is 6.30. The van der Waals surface area contributed by atoms with Gasteiger partial charge in [-0.3, -0.25) is 14.4 Å². The van der Waals surface area contributed by atoms with E-state index in [-0.39, 0.29) is 18.0 Å². The van der Waals surface area contributed by atoms with E-state index in [0.717, 1.165) is 29.7 Å². The molecule has 0 spiro atoms. The summed E-state index contributed by atoms with van der Waals surface area (Å²) in [6.07, 6.45) is 2.52. The Kier molecular flexibility index (Phi) is 8.96. The van der Waals surface area contributed by atoms with E-state index in [2.05, 4.69) is 0 Å². The van der Waals surface area contributed by atoms with Crippen molar-refractivity contribution in [2.75, 3.05) is 16.4 Å². The topological polar surface area (TPSA) is 98.2 Å². The van der Waals surface area contributed by atoms with Gasteiger partial charge in [0.2, 0.25) is 0 Å². The van der Waals surface area contributed by atoms with Gasteiger partial charge >= 0.3 is 5.97 Å². The summed E-state index contributed by atoms with van der Waals surface area (Å²) in [4.78, 5) is 41.5. The van der Waals surface area contributed by atoms with Crippen LogP contribution in [-0.4, -0.2) is 40.6 Å². The average Bonchev–Trinajstić information content (AvgIpc) is 2.94. The fourth-order valence-electron chi connectivity index (χ4n) is 5.31. The monoisotopic (exact) mass is 562 g/mol. The number of aryl methyl sites for hydroxylation is 1. The summed E-state index contributed by atoms with van der Waals surface area (Å²) in [5.41, 5.74) is 3.00. The molecule has 3 aromatic carbocycles. The number of rotatable bonds is 9. The number of fused-ring (bicyclic) bond motifs is 1. The third-order valence-corrected chi connectivity index (χ3v) is 7.90. The number of nitrogens with zero attached hydrogens (tertiary/aromatic N) is 2. The number of aliphatic carboxylic acids is 1. The number of carboxylic acids is 1. The fraction of sp³-hybridized carbons (Fsp3) is 0.344. The van der Waals surface area contributed by atoms with E-state index in [4.69, 9.17) is 11.6 Å². The van der Waals surface area contributed by atoms with Gasteiger partial charge < -0.3 is 20.0 Å². The van der Waals surface area contributed by atoms with Crippen molar-refractivity contribution in [1.29, 1.82) is 0 Å². The van der Waals surface area contributed by atoms with Crippen LogP contribution in [0.5, 0.6) is 0 Å². The highest BCUT2D eigenvalue weighted by Crippen LogP contribution is 2.43. The number of amides is 2. The molecule has 0 bridgehead atoms. The maximum atomic E-state index is 13.8. The molecule has 0 saturated heterocycles. The van der Waals surface area contributed by atoms with E-state index >= 15 is 0 Å². The lowest BCUT2D eigenvalue weighted by Gasteiger charge is -2.43. The molecule has 0 radical (unpaired) electrons. The number of halogens is 1. The summed E-state index contributed by atoms with van der Waals surface area (Å²) >= 11 is 6.08. The Morgan fingerprint density at radius 3 is 2.27 bits per heavy atom. The van der Waals surface area contributed by atoms with Crippen LogP contribution in [0.4, 0.5) is 11.4 Å². The molecule has 2 atom stereocenters. The molecule has 4 rings (SSSR count). The molecule has 0 aliphatic carbocycles. The number of aliphatic hydroxyl groups is 1. The first kappa shape index (κ1) is 29.3. The van der Waals surface area contributed by atoms with Crippen molar-refractivity contribution in [3.05, 3.63) is 94.5 Å². The summed E-state index contributed by atoms with van der Waals surface area (Å²) in [6, 6.07) is 21.4. The first-order valence-corrected chi connectivity index (χ1v) is 13.8. The number of hydrogen-bond acceptors (Lipinski definition) is 4. The van der Waals surface area contributed by atoms with Crippen molar-refractivity contribution < 1.29 is 24.6 Å². The normalized spacial score (nSPS) is 16.8. The molecular formula is C32H35ClN2O5. The van der Waals surface area contributed by atoms with Gasteiger partial charge in [0.1, 0.15) is 6.61 Å². The Bertz CT molecular complexity index is 1370. The average molecular weight is 563 g/mol. The number of aliphatic hydroxyl groups excluding tert-OH is 1. The molecule has 0 fully saturated rings. The number of carbonyl (C=O) groups is 3. The van der Waals surface area contributed by atoms with E-state index in [9.17, 15) is 24.6 Å². The third-order valence-electron chi connectivity index (χ3n) is 7.65. The van der Waals surface area contributed by atoms with E-state index in [1.807, 2.05) is 55.5 Å². The second-order valence-corrected chi connectivity index (χ2v) is 11.4. The summed E-state index contributed by atoms with van der Waals surface area (Å²) in [5.74, 6) is -1.37. The number of anilines is 2. The van der Waals surface area contributed by atoms with Crippen LogP contribution in [0.25, 0.3) is 0 Å². The van der Waals surface area contributed by atoms with Crippen molar-refractivity contribution in [3.8, 4) is 0 Å². The quantitative estimate of drug-likeness (QED) is 0.320. The van der Waals surface area contributed by atoms with Crippen molar-refractivity contribution in [3.63, 3.8) is 0 Å². The summed E-state index contributed by atoms with van der Waals surface area (Å²) in [6.45, 7) is 4.78. The van der Waals surface area contributed by atoms with Gasteiger partial charge in [0.25, 0.3) is 11.8 Å². The van der Waals surface area contributed by atoms with Gasteiger partial charge in [0.05, 0.1) is 11.5 Å². The van der Waals surface area contributed by atoms with Crippen LogP contribution in [-0.2, 0) is 16.0 Å². The molecule has 40 heavy (non-hydrogen) atoms. The molecule has 7 nitrogen and oxygen atoms in total. The molecular weight excluding hydrogens is 528 g/mol. The highest BCUT2D eigenvalue weighted by atomic mass is 35.5. The zero-order valence-corrected chi connectivity index (χ0v) is 23.8. The van der Waals surface area contributed by atoms with Gasteiger partial charge in [-0.2, -0.15) is 0 Å². The van der Waals surface area contributed by atoms with Crippen LogP contribution in [0, 0.1) is 5.41 Å². The zero-order chi connectivity index (χ0) is 29.0. The maximum Gasteiger partial charge on any atom is 0.309 e. The van der Waals surface area contributed by atoms with Crippen LogP contribution in [0.3, 0.4) is 0 Å². The summed E-state index contributed by atoms with van der Waals surface area (Å²) in [7, 11) is 0. The number of carboxylic acid groups (broad SMARTS) is 1. The molecule has 8 heteroatoms. The van der Waals surface area contributed by atoms with Crippen molar-refractivity contribution in [2.24, 2.45) is 5.41 Å². The van der Waals surface area contributed by atoms with E-state index in [1.165, 1.54) is 0 Å². The van der Waals surface area contributed by atoms with Crippen LogP contribution >= 0.6 is 11.6 Å². The van der Waals surface area contributed by atoms with E-state index in [1.54, 1.807) is 47.9 Å². The van der Waals surface area contributed by atoms with Crippen molar-refractivity contribution in [2.45, 2.75) is 58.5 Å². The van der Waals surface area contributed by atoms with Crippen molar-refractivity contribution in [1.82, 2.24) is 0 Å². The van der Waals surface area contributed by atoms with Gasteiger partial charge in [0, 0.05) is 28.0 Å². The lowest BCUT2D eigenvalue weighted by molar-refractivity contribution is -0.147. The minimum atomic E-state index is -0.802. The first-order chi connectivity index (χ1) is 19.0. The maximum absolute atomic E-state index is 13.8. The van der Waals surface area contributed by atoms with Gasteiger partial charge in [-0.25, -0.2) is 0 Å². The third kappa shape index (κ3) is 6.21. The minimum Gasteiger partial charge on any atom is -0.481 e. The molecule has 0 unspecified atom stereocenters. The Balaban J connectivity index is 1.58. The van der Waals surface area contributed by atoms with Gasteiger partial charge in [0.15, 0.2) is 0 Å². The Hall–Kier alpha value is -3.68. The molecule has 3 aromatic rings. The molecule has 1 aliphatic heterocycles. The SMILES string of the molecule is C[C@H]1C[C@@H](N(C(=O)CO)c2ccc(Cl)cc2)c2ccccc2N1C(=O)c1ccc(CCCC(C)(C)C(=O)O)cc1. The highest BCUT2D eigenvalue weighted by Gasteiger charge is 2.38. The Labute approximate surface area is 240 Å². The largest absolute Gasteiger partial charge is 0.481 e.